The van der Waals surface area contributed by atoms with Crippen molar-refractivity contribution in [3.63, 3.8) is 0 Å². The molecule has 0 radical (unpaired) electrons. The summed E-state index contributed by atoms with van der Waals surface area (Å²) < 4.78 is 5.20. The Balaban J connectivity index is 4.15. The van der Waals surface area contributed by atoms with E-state index in [1.807, 2.05) is 6.92 Å². The van der Waals surface area contributed by atoms with Gasteiger partial charge in [0.15, 0.2) is 0 Å². The van der Waals surface area contributed by atoms with Gasteiger partial charge in [-0.2, -0.15) is 0 Å². The molecular formula is C16H29NO4. The second-order valence-electron chi connectivity index (χ2n) is 5.47. The third kappa shape index (κ3) is 11.1. The number of esters is 1. The van der Waals surface area contributed by atoms with Crippen LogP contribution in [0.5, 0.6) is 0 Å². The second kappa shape index (κ2) is 12.5. The van der Waals surface area contributed by atoms with Crippen LogP contribution in [0.1, 0.15) is 65.2 Å². The zero-order valence-corrected chi connectivity index (χ0v) is 13.4. The Hall–Kier alpha value is -1.23. The third-order valence-electron chi connectivity index (χ3n) is 3.36. The van der Waals surface area contributed by atoms with E-state index in [4.69, 9.17) is 10.5 Å². The Morgan fingerprint density at radius 3 is 2.38 bits per heavy atom. The molecule has 1 atom stereocenters. The molecule has 5 heteroatoms. The van der Waals surface area contributed by atoms with Gasteiger partial charge in [0.05, 0.1) is 19.1 Å². The van der Waals surface area contributed by atoms with Gasteiger partial charge in [0, 0.05) is 12.8 Å². The third-order valence-corrected chi connectivity index (χ3v) is 3.36. The van der Waals surface area contributed by atoms with Crippen molar-refractivity contribution in [1.82, 2.24) is 0 Å². The largest absolute Gasteiger partial charge is 0.465 e. The summed E-state index contributed by atoms with van der Waals surface area (Å²) in [6, 6.07) is 0. The van der Waals surface area contributed by atoms with E-state index in [2.05, 4.69) is 0 Å². The van der Waals surface area contributed by atoms with Gasteiger partial charge in [-0.05, 0) is 26.2 Å². The molecule has 0 rings (SSSR count). The predicted molar refractivity (Wildman–Crippen MR) is 81.8 cm³/mol. The van der Waals surface area contributed by atoms with Crippen LogP contribution in [0, 0.1) is 5.92 Å². The minimum atomic E-state index is -0.393. The van der Waals surface area contributed by atoms with Crippen LogP contribution in [0.15, 0.2) is 0 Å². The molecular weight excluding hydrogens is 270 g/mol. The number of carbonyl (C=O) groups excluding carboxylic acids is 3. The van der Waals surface area contributed by atoms with Gasteiger partial charge in [0.25, 0.3) is 0 Å². The summed E-state index contributed by atoms with van der Waals surface area (Å²) in [5.74, 6) is -0.618. The Morgan fingerprint density at radius 2 is 1.81 bits per heavy atom. The first-order valence-electron chi connectivity index (χ1n) is 7.89. The molecule has 0 aromatic rings. The van der Waals surface area contributed by atoms with Gasteiger partial charge >= 0.3 is 5.97 Å². The zero-order valence-electron chi connectivity index (χ0n) is 13.4. The fourth-order valence-electron chi connectivity index (χ4n) is 2.04. The van der Waals surface area contributed by atoms with Gasteiger partial charge in [-0.25, -0.2) is 0 Å². The van der Waals surface area contributed by atoms with Crippen LogP contribution in [-0.4, -0.2) is 30.7 Å². The van der Waals surface area contributed by atoms with E-state index in [-0.39, 0.29) is 30.5 Å². The van der Waals surface area contributed by atoms with Crippen molar-refractivity contribution < 1.29 is 19.1 Å². The number of rotatable bonds is 13. The number of hydrogen-bond acceptors (Lipinski definition) is 5. The Bertz CT molecular complexity index is 328. The Kier molecular flexibility index (Phi) is 11.8. The molecule has 0 aliphatic rings. The van der Waals surface area contributed by atoms with Crippen LogP contribution in [0.3, 0.4) is 0 Å². The molecule has 0 bridgehead atoms. The number of nitrogens with two attached hydrogens (primary N) is 1. The molecule has 0 saturated heterocycles. The fourth-order valence-corrected chi connectivity index (χ4v) is 2.04. The lowest BCUT2D eigenvalue weighted by atomic mass is 9.95. The van der Waals surface area contributed by atoms with Gasteiger partial charge in [0.2, 0.25) is 0 Å². The summed E-state index contributed by atoms with van der Waals surface area (Å²) in [5.41, 5.74) is 5.31. The molecule has 0 amide bonds. The first-order valence-corrected chi connectivity index (χ1v) is 7.89. The summed E-state index contributed by atoms with van der Waals surface area (Å²) in [6.45, 7) is 3.97. The van der Waals surface area contributed by atoms with Gasteiger partial charge in [-0.3, -0.25) is 9.59 Å². The van der Waals surface area contributed by atoms with E-state index >= 15 is 0 Å². The van der Waals surface area contributed by atoms with Crippen molar-refractivity contribution in [1.29, 1.82) is 0 Å². The zero-order chi connectivity index (χ0) is 16.1. The monoisotopic (exact) mass is 299 g/mol. The number of carbonyl (C=O) groups is 3. The van der Waals surface area contributed by atoms with Crippen molar-refractivity contribution in [2.75, 3.05) is 13.2 Å². The topological polar surface area (TPSA) is 86.5 Å². The second-order valence-corrected chi connectivity index (χ2v) is 5.47. The van der Waals surface area contributed by atoms with Crippen LogP contribution in [0.25, 0.3) is 0 Å². The number of unbranched alkanes of at least 4 members (excludes halogenated alkanes) is 3. The maximum atomic E-state index is 12.0. The van der Waals surface area contributed by atoms with Gasteiger partial charge < -0.3 is 15.3 Å². The van der Waals surface area contributed by atoms with Crippen LogP contribution < -0.4 is 5.73 Å². The van der Waals surface area contributed by atoms with Crippen molar-refractivity contribution in [3.05, 3.63) is 0 Å². The van der Waals surface area contributed by atoms with Crippen molar-refractivity contribution in [2.24, 2.45) is 11.7 Å². The quantitative estimate of drug-likeness (QED) is 0.417. The molecule has 1 unspecified atom stereocenters. The SMILES string of the molecule is CCCCOC(=O)C(CCCCCC(C)=O)CC(=O)CN. The van der Waals surface area contributed by atoms with Crippen molar-refractivity contribution in [3.8, 4) is 0 Å². The average molecular weight is 299 g/mol. The lowest BCUT2D eigenvalue weighted by molar-refractivity contribution is -0.150. The Morgan fingerprint density at radius 1 is 1.10 bits per heavy atom. The van der Waals surface area contributed by atoms with E-state index in [9.17, 15) is 14.4 Å². The summed E-state index contributed by atoms with van der Waals surface area (Å²) >= 11 is 0. The normalized spacial score (nSPS) is 12.0. The standard InChI is InChI=1S/C16H29NO4/c1-3-4-10-21-16(20)14(11-15(19)12-17)9-7-5-6-8-13(2)18/h14H,3-12,17H2,1-2H3. The van der Waals surface area contributed by atoms with Gasteiger partial charge in [-0.1, -0.05) is 26.2 Å². The van der Waals surface area contributed by atoms with Crippen LogP contribution in [0.2, 0.25) is 0 Å². The van der Waals surface area contributed by atoms with Crippen LogP contribution >= 0.6 is 0 Å². The first-order chi connectivity index (χ1) is 10.0. The van der Waals surface area contributed by atoms with E-state index in [0.29, 0.717) is 19.4 Å². The van der Waals surface area contributed by atoms with E-state index in [1.165, 1.54) is 0 Å². The smallest absolute Gasteiger partial charge is 0.309 e. The predicted octanol–water partition coefficient (Wildman–Crippen LogP) is 2.40. The molecule has 0 fully saturated rings. The first kappa shape index (κ1) is 19.8. The molecule has 0 aliphatic heterocycles. The molecule has 0 aromatic carbocycles. The van der Waals surface area contributed by atoms with Gasteiger partial charge in [0.1, 0.15) is 11.6 Å². The molecule has 5 nitrogen and oxygen atoms in total. The molecule has 0 aromatic heterocycles. The van der Waals surface area contributed by atoms with Crippen LogP contribution in [0.4, 0.5) is 0 Å². The molecule has 0 heterocycles. The fraction of sp³-hybridized carbons (Fsp3) is 0.812. The number of ether oxygens (including phenoxy) is 1. The maximum absolute atomic E-state index is 12.0. The Labute approximate surface area is 127 Å². The molecule has 2 N–H and O–H groups in total. The highest BCUT2D eigenvalue weighted by molar-refractivity contribution is 5.85. The highest BCUT2D eigenvalue weighted by Crippen LogP contribution is 2.17. The average Bonchev–Trinajstić information content (AvgIpc) is 2.45. The van der Waals surface area contributed by atoms with Crippen molar-refractivity contribution in [2.45, 2.75) is 65.2 Å². The summed E-state index contributed by atoms with van der Waals surface area (Å²) in [7, 11) is 0. The molecule has 122 valence electrons. The summed E-state index contributed by atoms with van der Waals surface area (Å²) in [4.78, 5) is 34.3. The summed E-state index contributed by atoms with van der Waals surface area (Å²) in [6.07, 6.45) is 5.69. The van der Waals surface area contributed by atoms with Crippen molar-refractivity contribution >= 4 is 17.5 Å². The van der Waals surface area contributed by atoms with Crippen LogP contribution in [-0.2, 0) is 19.1 Å². The number of hydrogen-bond donors (Lipinski definition) is 1. The lowest BCUT2D eigenvalue weighted by Gasteiger charge is -2.15. The molecule has 0 saturated carbocycles. The number of Topliss-reactive ketones (excluding diaryl/α,β-unsaturated/α-hetero) is 2. The molecule has 0 spiro atoms. The minimum absolute atomic E-state index is 0.0386. The van der Waals surface area contributed by atoms with E-state index in [0.717, 1.165) is 32.1 Å². The minimum Gasteiger partial charge on any atom is -0.465 e. The van der Waals surface area contributed by atoms with E-state index < -0.39 is 5.92 Å². The number of ketones is 2. The lowest BCUT2D eigenvalue weighted by Crippen LogP contribution is -2.25. The maximum Gasteiger partial charge on any atom is 0.309 e. The van der Waals surface area contributed by atoms with Gasteiger partial charge in [-0.15, -0.1) is 0 Å². The summed E-state index contributed by atoms with van der Waals surface area (Å²) in [5, 5.41) is 0. The highest BCUT2D eigenvalue weighted by atomic mass is 16.5. The molecule has 0 aliphatic carbocycles. The highest BCUT2D eigenvalue weighted by Gasteiger charge is 2.22. The van der Waals surface area contributed by atoms with E-state index in [1.54, 1.807) is 6.92 Å². The molecule has 21 heavy (non-hydrogen) atoms.